The van der Waals surface area contributed by atoms with Crippen LogP contribution in [-0.4, -0.2) is 59.2 Å². The molecule has 5 N–H and O–H groups in total. The lowest BCUT2D eigenvalue weighted by Crippen LogP contribution is -2.59. The van der Waals surface area contributed by atoms with Crippen LogP contribution in [0.1, 0.15) is 50.8 Å². The molecular weight excluding hydrogens is 484 g/mol. The highest BCUT2D eigenvalue weighted by atomic mass is 16.6. The summed E-state index contributed by atoms with van der Waals surface area (Å²) >= 11 is 0. The highest BCUT2D eigenvalue weighted by Crippen LogP contribution is 2.30. The van der Waals surface area contributed by atoms with Gasteiger partial charge in [0.25, 0.3) is 0 Å². The number of aliphatic hydroxyl groups excluding tert-OH is 1. The molecule has 9 nitrogen and oxygen atoms in total. The first kappa shape index (κ1) is 28.7. The Kier molecular flexibility index (Phi) is 9.50. The molecule has 0 aliphatic carbocycles. The van der Waals surface area contributed by atoms with Gasteiger partial charge in [-0.15, -0.1) is 6.42 Å². The van der Waals surface area contributed by atoms with E-state index in [-0.39, 0.29) is 25.6 Å². The number of aliphatic hydroxyl groups is 1. The van der Waals surface area contributed by atoms with Crippen molar-refractivity contribution in [1.29, 1.82) is 0 Å². The number of terminal acetylenes is 1. The molecule has 0 saturated carbocycles. The first-order valence-electron chi connectivity index (χ1n) is 12.6. The first-order chi connectivity index (χ1) is 18.1. The smallest absolute Gasteiger partial charge is 0.410 e. The Balaban J connectivity index is 1.78. The maximum atomic E-state index is 13.8. The van der Waals surface area contributed by atoms with Gasteiger partial charge in [0.2, 0.25) is 11.8 Å². The number of nitrogens with two attached hydrogens (primary N) is 1. The van der Waals surface area contributed by atoms with Gasteiger partial charge in [0.1, 0.15) is 17.8 Å². The van der Waals surface area contributed by atoms with Gasteiger partial charge in [0.15, 0.2) is 0 Å². The number of para-hydroxylation sites is 1. The van der Waals surface area contributed by atoms with Gasteiger partial charge in [-0.3, -0.25) is 9.59 Å². The van der Waals surface area contributed by atoms with Crippen LogP contribution in [0, 0.1) is 17.8 Å². The quantitative estimate of drug-likeness (QED) is 0.375. The zero-order valence-corrected chi connectivity index (χ0v) is 22.0. The van der Waals surface area contributed by atoms with Crippen molar-refractivity contribution in [3.63, 3.8) is 0 Å². The summed E-state index contributed by atoms with van der Waals surface area (Å²) < 4.78 is 5.35. The molecule has 4 atom stereocenters. The minimum absolute atomic E-state index is 0.0349. The fraction of sp³-hybridized carbons (Fsp3) is 0.414. The largest absolute Gasteiger partial charge is 0.413 e. The summed E-state index contributed by atoms with van der Waals surface area (Å²) in [4.78, 5) is 41.2. The van der Waals surface area contributed by atoms with Gasteiger partial charge >= 0.3 is 6.09 Å². The van der Waals surface area contributed by atoms with E-state index >= 15 is 0 Å². The number of ether oxygens (including phenoxy) is 1. The molecule has 1 heterocycles. The van der Waals surface area contributed by atoms with E-state index in [1.54, 1.807) is 42.5 Å². The maximum absolute atomic E-state index is 13.8. The summed E-state index contributed by atoms with van der Waals surface area (Å²) in [6.45, 7) is 5.71. The molecule has 2 aromatic carbocycles. The van der Waals surface area contributed by atoms with Crippen molar-refractivity contribution in [2.75, 3.05) is 13.1 Å². The number of nitrogens with zero attached hydrogens (tertiary/aromatic N) is 1. The van der Waals surface area contributed by atoms with E-state index in [0.29, 0.717) is 12.2 Å². The Morgan fingerprint density at radius 1 is 1.16 bits per heavy atom. The van der Waals surface area contributed by atoms with E-state index < -0.39 is 41.5 Å². The van der Waals surface area contributed by atoms with E-state index in [4.69, 9.17) is 16.9 Å². The number of carbonyl (C=O) groups excluding carboxylic acids is 3. The van der Waals surface area contributed by atoms with Gasteiger partial charge in [-0.25, -0.2) is 4.79 Å². The molecule has 1 aliphatic heterocycles. The van der Waals surface area contributed by atoms with Gasteiger partial charge in [-0.1, -0.05) is 50.1 Å². The topological polar surface area (TPSA) is 134 Å². The first-order valence-corrected chi connectivity index (χ1v) is 12.6. The molecule has 3 rings (SSSR count). The molecule has 9 heteroatoms. The predicted molar refractivity (Wildman–Crippen MR) is 144 cm³/mol. The highest BCUT2D eigenvalue weighted by Gasteiger charge is 2.46. The second-order valence-electron chi connectivity index (χ2n) is 10.2. The van der Waals surface area contributed by atoms with Crippen molar-refractivity contribution < 1.29 is 24.2 Å². The molecule has 0 bridgehead atoms. The summed E-state index contributed by atoms with van der Waals surface area (Å²) in [5.41, 5.74) is 6.62. The number of β-amino-alcohol motifs (C(OH)–C–C–N with tert-alkyl or cyclic N) is 1. The molecule has 1 fully saturated rings. The van der Waals surface area contributed by atoms with Crippen molar-refractivity contribution in [3.05, 3.63) is 65.7 Å². The zero-order valence-electron chi connectivity index (χ0n) is 22.0. The average Bonchev–Trinajstić information content (AvgIpc) is 3.29. The number of hydrogen-bond donors (Lipinski definition) is 4. The van der Waals surface area contributed by atoms with Crippen LogP contribution in [0.2, 0.25) is 0 Å². The molecule has 1 saturated heterocycles. The third-order valence-corrected chi connectivity index (χ3v) is 6.83. The standard InChI is InChI=1S/C29H36N4O5/c1-5-20-11-13-21(14-12-20)19(2)31-26(35)24-17-22(34)18-33(24)27(36)25(29(3,4)15-16-30)32-28(37)38-23-9-7-6-8-10-23/h1,6-14,19,22,24-25,34H,15-18,30H2,2-4H3,(H,31,35)(H,32,37)/t19-,22+,24-,25-/m0/s1. The van der Waals surface area contributed by atoms with E-state index in [0.717, 1.165) is 11.1 Å². The van der Waals surface area contributed by atoms with Crippen molar-refractivity contribution in [2.24, 2.45) is 11.1 Å². The lowest BCUT2D eigenvalue weighted by molar-refractivity contribution is -0.142. The number of benzene rings is 2. The molecule has 38 heavy (non-hydrogen) atoms. The zero-order chi connectivity index (χ0) is 27.9. The molecule has 0 spiro atoms. The SMILES string of the molecule is C#Cc1ccc([C@H](C)NC(=O)[C@@H]2C[C@@H](O)CN2C(=O)[C@H](NC(=O)Oc2ccccc2)C(C)(C)CCN)cc1. The van der Waals surface area contributed by atoms with Crippen LogP contribution in [0.3, 0.4) is 0 Å². The van der Waals surface area contributed by atoms with Crippen molar-refractivity contribution in [1.82, 2.24) is 15.5 Å². The fourth-order valence-corrected chi connectivity index (χ4v) is 4.58. The van der Waals surface area contributed by atoms with Crippen LogP contribution >= 0.6 is 0 Å². The minimum Gasteiger partial charge on any atom is -0.410 e. The van der Waals surface area contributed by atoms with Gasteiger partial charge in [0, 0.05) is 18.5 Å². The number of amides is 3. The summed E-state index contributed by atoms with van der Waals surface area (Å²) in [5, 5.41) is 16.0. The lowest BCUT2D eigenvalue weighted by Gasteiger charge is -2.37. The van der Waals surface area contributed by atoms with Crippen LogP contribution in [0.15, 0.2) is 54.6 Å². The van der Waals surface area contributed by atoms with Gasteiger partial charge in [-0.2, -0.15) is 0 Å². The number of nitrogens with one attached hydrogen (secondary N) is 2. The highest BCUT2D eigenvalue weighted by molar-refractivity contribution is 5.92. The average molecular weight is 521 g/mol. The van der Waals surface area contributed by atoms with Gasteiger partial charge in [-0.05, 0) is 55.1 Å². The number of carbonyl (C=O) groups is 3. The third kappa shape index (κ3) is 7.12. The molecule has 2 aromatic rings. The van der Waals surface area contributed by atoms with Gasteiger partial charge < -0.3 is 31.1 Å². The maximum Gasteiger partial charge on any atom is 0.413 e. The number of hydrogen-bond acceptors (Lipinski definition) is 6. The second-order valence-corrected chi connectivity index (χ2v) is 10.2. The predicted octanol–water partition coefficient (Wildman–Crippen LogP) is 2.34. The Labute approximate surface area is 223 Å². The third-order valence-electron chi connectivity index (χ3n) is 6.83. The van der Waals surface area contributed by atoms with E-state index in [2.05, 4.69) is 16.6 Å². The minimum atomic E-state index is -1.04. The molecule has 0 unspecified atom stereocenters. The summed E-state index contributed by atoms with van der Waals surface area (Å²) in [5.74, 6) is 1.99. The summed E-state index contributed by atoms with van der Waals surface area (Å²) in [7, 11) is 0. The molecule has 1 aliphatic rings. The van der Waals surface area contributed by atoms with Gasteiger partial charge in [0.05, 0.1) is 12.1 Å². The van der Waals surface area contributed by atoms with Crippen LogP contribution in [0.25, 0.3) is 0 Å². The second kappa shape index (κ2) is 12.6. The normalized spacial score (nSPS) is 18.7. The van der Waals surface area contributed by atoms with Crippen LogP contribution in [-0.2, 0) is 9.59 Å². The van der Waals surface area contributed by atoms with E-state index in [1.165, 1.54) is 4.90 Å². The molecule has 202 valence electrons. The monoisotopic (exact) mass is 520 g/mol. The molecule has 0 aromatic heterocycles. The van der Waals surface area contributed by atoms with Crippen LogP contribution < -0.4 is 21.1 Å². The molecule has 3 amide bonds. The van der Waals surface area contributed by atoms with E-state index in [9.17, 15) is 19.5 Å². The molecular formula is C29H36N4O5. The Morgan fingerprint density at radius 2 is 1.82 bits per heavy atom. The Morgan fingerprint density at radius 3 is 2.42 bits per heavy atom. The molecule has 0 radical (unpaired) electrons. The summed E-state index contributed by atoms with van der Waals surface area (Å²) in [6, 6.07) is 13.4. The Hall–Kier alpha value is -3.87. The fourth-order valence-electron chi connectivity index (χ4n) is 4.58. The Bertz CT molecular complexity index is 1160. The van der Waals surface area contributed by atoms with Crippen molar-refractivity contribution in [3.8, 4) is 18.1 Å². The lowest BCUT2D eigenvalue weighted by atomic mass is 9.80. The van der Waals surface area contributed by atoms with E-state index in [1.807, 2.05) is 32.9 Å². The number of likely N-dealkylation sites (tertiary alicyclic amines) is 1. The van der Waals surface area contributed by atoms with Crippen molar-refractivity contribution in [2.45, 2.75) is 57.8 Å². The van der Waals surface area contributed by atoms with Crippen LogP contribution in [0.4, 0.5) is 4.79 Å². The summed E-state index contributed by atoms with van der Waals surface area (Å²) in [6.07, 6.45) is 4.24. The van der Waals surface area contributed by atoms with Crippen molar-refractivity contribution >= 4 is 17.9 Å². The van der Waals surface area contributed by atoms with Crippen LogP contribution in [0.5, 0.6) is 5.75 Å². The number of rotatable bonds is 9.